The number of benzene rings is 2. The fraction of sp³-hybridized carbons (Fsp3) is 0.273. The van der Waals surface area contributed by atoms with Crippen LogP contribution in [0.2, 0.25) is 0 Å². The first kappa shape index (κ1) is 19.6. The lowest BCUT2D eigenvalue weighted by Gasteiger charge is -2.32. The van der Waals surface area contributed by atoms with E-state index in [1.807, 2.05) is 30.3 Å². The molecule has 28 heavy (non-hydrogen) atoms. The highest BCUT2D eigenvalue weighted by molar-refractivity contribution is 5.80. The van der Waals surface area contributed by atoms with E-state index in [4.69, 9.17) is 9.47 Å². The summed E-state index contributed by atoms with van der Waals surface area (Å²) in [5.74, 6) is -0.255. The van der Waals surface area contributed by atoms with E-state index in [1.54, 1.807) is 23.2 Å². The fourth-order valence-corrected chi connectivity index (χ4v) is 3.10. The SMILES string of the molecule is CC(=O)N1C=Cc2ccccc2C1CC(=O)OCCCOc1ccc(F)cc1. The van der Waals surface area contributed by atoms with E-state index in [0.29, 0.717) is 18.8 Å². The molecule has 0 spiro atoms. The Bertz CT molecular complexity index is 863. The van der Waals surface area contributed by atoms with Gasteiger partial charge in [0, 0.05) is 19.5 Å². The standard InChI is InChI=1S/C22H22FNO4/c1-16(25)24-12-11-17-5-2-3-6-20(17)21(24)15-22(26)28-14-4-13-27-19-9-7-18(23)8-10-19/h2-3,5-12,21H,4,13-15H2,1H3. The predicted octanol–water partition coefficient (Wildman–Crippen LogP) is 4.10. The summed E-state index contributed by atoms with van der Waals surface area (Å²) < 4.78 is 23.6. The Balaban J connectivity index is 1.48. The molecule has 0 radical (unpaired) electrons. The van der Waals surface area contributed by atoms with Gasteiger partial charge in [-0.3, -0.25) is 9.59 Å². The van der Waals surface area contributed by atoms with Crippen molar-refractivity contribution in [1.29, 1.82) is 0 Å². The molecule has 0 N–H and O–H groups in total. The summed E-state index contributed by atoms with van der Waals surface area (Å²) in [5.41, 5.74) is 1.92. The van der Waals surface area contributed by atoms with Crippen molar-refractivity contribution in [2.45, 2.75) is 25.8 Å². The van der Waals surface area contributed by atoms with Crippen LogP contribution in [0, 0.1) is 5.82 Å². The van der Waals surface area contributed by atoms with Crippen molar-refractivity contribution in [3.05, 3.63) is 71.7 Å². The minimum atomic E-state index is -0.373. The van der Waals surface area contributed by atoms with E-state index in [1.165, 1.54) is 19.1 Å². The third-order valence-electron chi connectivity index (χ3n) is 4.46. The van der Waals surface area contributed by atoms with Crippen molar-refractivity contribution in [3.8, 4) is 5.75 Å². The summed E-state index contributed by atoms with van der Waals surface area (Å²) in [4.78, 5) is 25.8. The number of fused-ring (bicyclic) bond motifs is 1. The van der Waals surface area contributed by atoms with Crippen molar-refractivity contribution in [3.63, 3.8) is 0 Å². The molecule has 0 aliphatic carbocycles. The number of rotatable bonds is 7. The second-order valence-corrected chi connectivity index (χ2v) is 6.47. The lowest BCUT2D eigenvalue weighted by atomic mass is 9.94. The molecule has 1 aliphatic rings. The van der Waals surface area contributed by atoms with Gasteiger partial charge in [-0.1, -0.05) is 24.3 Å². The number of hydrogen-bond acceptors (Lipinski definition) is 4. The smallest absolute Gasteiger partial charge is 0.308 e. The minimum absolute atomic E-state index is 0.0831. The predicted molar refractivity (Wildman–Crippen MR) is 103 cm³/mol. The summed E-state index contributed by atoms with van der Waals surface area (Å²) in [6, 6.07) is 13.1. The van der Waals surface area contributed by atoms with Gasteiger partial charge in [-0.15, -0.1) is 0 Å². The second kappa shape index (κ2) is 9.17. The van der Waals surface area contributed by atoms with Crippen LogP contribution in [0.5, 0.6) is 5.75 Å². The van der Waals surface area contributed by atoms with Gasteiger partial charge in [0.25, 0.3) is 0 Å². The summed E-state index contributed by atoms with van der Waals surface area (Å²) >= 11 is 0. The topological polar surface area (TPSA) is 55.8 Å². The molecule has 1 heterocycles. The Morgan fingerprint density at radius 3 is 2.57 bits per heavy atom. The first-order valence-electron chi connectivity index (χ1n) is 9.14. The zero-order chi connectivity index (χ0) is 19.9. The number of carbonyl (C=O) groups is 2. The lowest BCUT2D eigenvalue weighted by molar-refractivity contribution is -0.145. The molecule has 1 amide bonds. The molecule has 0 bridgehead atoms. The van der Waals surface area contributed by atoms with Crippen molar-refractivity contribution < 1.29 is 23.5 Å². The molecule has 1 atom stereocenters. The molecular weight excluding hydrogens is 361 g/mol. The van der Waals surface area contributed by atoms with Gasteiger partial charge >= 0.3 is 5.97 Å². The fourth-order valence-electron chi connectivity index (χ4n) is 3.10. The van der Waals surface area contributed by atoms with Crippen molar-refractivity contribution >= 4 is 18.0 Å². The van der Waals surface area contributed by atoms with Crippen LogP contribution in [0.1, 0.15) is 36.9 Å². The molecule has 1 unspecified atom stereocenters. The number of halogens is 1. The minimum Gasteiger partial charge on any atom is -0.493 e. The zero-order valence-corrected chi connectivity index (χ0v) is 15.6. The lowest BCUT2D eigenvalue weighted by Crippen LogP contribution is -2.32. The van der Waals surface area contributed by atoms with Gasteiger partial charge in [0.15, 0.2) is 0 Å². The first-order chi connectivity index (χ1) is 13.5. The molecule has 1 aliphatic heterocycles. The molecule has 0 saturated heterocycles. The Morgan fingerprint density at radius 1 is 1.07 bits per heavy atom. The van der Waals surface area contributed by atoms with Crippen LogP contribution >= 0.6 is 0 Å². The van der Waals surface area contributed by atoms with Gasteiger partial charge in [-0.2, -0.15) is 0 Å². The maximum absolute atomic E-state index is 12.8. The molecule has 2 aromatic rings. The highest BCUT2D eigenvalue weighted by Gasteiger charge is 2.28. The molecule has 2 aromatic carbocycles. The molecule has 146 valence electrons. The Labute approximate surface area is 163 Å². The first-order valence-corrected chi connectivity index (χ1v) is 9.14. The summed E-state index contributed by atoms with van der Waals surface area (Å²) in [6.45, 7) is 2.04. The van der Waals surface area contributed by atoms with Gasteiger partial charge in [-0.25, -0.2) is 4.39 Å². The Morgan fingerprint density at radius 2 is 1.82 bits per heavy atom. The van der Waals surface area contributed by atoms with Crippen LogP contribution < -0.4 is 4.74 Å². The number of ether oxygens (including phenoxy) is 2. The van der Waals surface area contributed by atoms with E-state index in [9.17, 15) is 14.0 Å². The molecule has 0 saturated carbocycles. The number of amides is 1. The average molecular weight is 383 g/mol. The van der Waals surface area contributed by atoms with E-state index >= 15 is 0 Å². The third-order valence-corrected chi connectivity index (χ3v) is 4.46. The quantitative estimate of drug-likeness (QED) is 0.534. The van der Waals surface area contributed by atoms with Crippen molar-refractivity contribution in [2.24, 2.45) is 0 Å². The van der Waals surface area contributed by atoms with Gasteiger partial charge in [0.05, 0.1) is 25.7 Å². The maximum Gasteiger partial charge on any atom is 0.308 e. The average Bonchev–Trinajstić information content (AvgIpc) is 2.69. The normalized spacial score (nSPS) is 15.1. The van der Waals surface area contributed by atoms with Crippen molar-refractivity contribution in [2.75, 3.05) is 13.2 Å². The van der Waals surface area contributed by atoms with E-state index in [2.05, 4.69) is 0 Å². The molecule has 0 aromatic heterocycles. The monoisotopic (exact) mass is 383 g/mol. The maximum atomic E-state index is 12.8. The van der Waals surface area contributed by atoms with Crippen LogP contribution in [0.3, 0.4) is 0 Å². The van der Waals surface area contributed by atoms with E-state index < -0.39 is 0 Å². The molecule has 3 rings (SSSR count). The summed E-state index contributed by atoms with van der Waals surface area (Å²) in [6.07, 6.45) is 4.17. The van der Waals surface area contributed by atoms with Gasteiger partial charge in [0.1, 0.15) is 11.6 Å². The highest BCUT2D eigenvalue weighted by atomic mass is 19.1. The summed E-state index contributed by atoms with van der Waals surface area (Å²) in [5, 5.41) is 0. The molecule has 5 nitrogen and oxygen atoms in total. The van der Waals surface area contributed by atoms with Crippen LogP contribution in [0.25, 0.3) is 6.08 Å². The van der Waals surface area contributed by atoms with Gasteiger partial charge in [-0.05, 0) is 41.5 Å². The number of nitrogens with zero attached hydrogens (tertiary/aromatic N) is 1. The molecular formula is C22H22FNO4. The van der Waals surface area contributed by atoms with Crippen molar-refractivity contribution in [1.82, 2.24) is 4.90 Å². The van der Waals surface area contributed by atoms with Gasteiger partial charge in [0.2, 0.25) is 5.91 Å². The van der Waals surface area contributed by atoms with Crippen LogP contribution in [0.4, 0.5) is 4.39 Å². The Kier molecular flexibility index (Phi) is 6.42. The molecule has 6 heteroatoms. The highest BCUT2D eigenvalue weighted by Crippen LogP contribution is 2.33. The van der Waals surface area contributed by atoms with Crippen LogP contribution in [-0.2, 0) is 14.3 Å². The number of hydrogen-bond donors (Lipinski definition) is 0. The van der Waals surface area contributed by atoms with E-state index in [0.717, 1.165) is 11.1 Å². The molecule has 0 fully saturated rings. The number of esters is 1. The third kappa shape index (κ3) is 4.97. The largest absolute Gasteiger partial charge is 0.493 e. The summed E-state index contributed by atoms with van der Waals surface area (Å²) in [7, 11) is 0. The second-order valence-electron chi connectivity index (χ2n) is 6.47. The van der Waals surface area contributed by atoms with E-state index in [-0.39, 0.29) is 36.8 Å². The Hall–Kier alpha value is -3.15. The van der Waals surface area contributed by atoms with Gasteiger partial charge < -0.3 is 14.4 Å². The van der Waals surface area contributed by atoms with Crippen LogP contribution in [-0.4, -0.2) is 30.0 Å². The zero-order valence-electron chi connectivity index (χ0n) is 15.6. The van der Waals surface area contributed by atoms with Crippen LogP contribution in [0.15, 0.2) is 54.7 Å². The number of carbonyl (C=O) groups excluding carboxylic acids is 2.